The van der Waals surface area contributed by atoms with Crippen LogP contribution in [0.1, 0.15) is 17.7 Å². The highest BCUT2D eigenvalue weighted by molar-refractivity contribution is 5.76. The van der Waals surface area contributed by atoms with Crippen LogP contribution in [0.3, 0.4) is 0 Å². The number of nitrogens with one attached hydrogen (secondary N) is 1. The van der Waals surface area contributed by atoms with Crippen LogP contribution in [0.4, 0.5) is 4.39 Å². The molecular weight excluding hydrogens is 269 g/mol. The molecule has 5 heteroatoms. The van der Waals surface area contributed by atoms with Gasteiger partial charge in [0.15, 0.2) is 0 Å². The standard InChI is InChI=1S/C16H18FN3O/c17-15-7-2-1-5-12(15)9-13(18)10-16(21)20-11-14-6-3-4-8-19-14/h1-8,13H,9-11,18H2,(H,20,21)/t13-/m1/s1. The Hall–Kier alpha value is -2.27. The number of nitrogens with zero attached hydrogens (tertiary/aromatic N) is 1. The van der Waals surface area contributed by atoms with Crippen LogP contribution >= 0.6 is 0 Å². The van der Waals surface area contributed by atoms with Gasteiger partial charge in [-0.2, -0.15) is 0 Å². The van der Waals surface area contributed by atoms with Crippen LogP contribution in [0.5, 0.6) is 0 Å². The maximum atomic E-state index is 13.5. The number of carbonyl (C=O) groups excluding carboxylic acids is 1. The molecule has 0 aliphatic heterocycles. The van der Waals surface area contributed by atoms with Crippen molar-refractivity contribution >= 4 is 5.91 Å². The molecule has 2 aromatic rings. The fourth-order valence-electron chi connectivity index (χ4n) is 2.02. The molecule has 4 nitrogen and oxygen atoms in total. The Kier molecular flexibility index (Phi) is 5.40. The Labute approximate surface area is 123 Å². The van der Waals surface area contributed by atoms with E-state index in [0.717, 1.165) is 5.69 Å². The van der Waals surface area contributed by atoms with Crippen LogP contribution in [0, 0.1) is 5.82 Å². The van der Waals surface area contributed by atoms with Crippen LogP contribution in [-0.4, -0.2) is 16.9 Å². The summed E-state index contributed by atoms with van der Waals surface area (Å²) in [4.78, 5) is 15.9. The van der Waals surface area contributed by atoms with E-state index in [1.165, 1.54) is 6.07 Å². The summed E-state index contributed by atoms with van der Waals surface area (Å²) in [6.45, 7) is 0.367. The van der Waals surface area contributed by atoms with E-state index in [1.54, 1.807) is 24.4 Å². The molecule has 0 aliphatic carbocycles. The molecule has 1 aromatic carbocycles. The molecule has 0 saturated heterocycles. The summed E-state index contributed by atoms with van der Waals surface area (Å²) in [5, 5.41) is 2.76. The Morgan fingerprint density at radius 1 is 1.24 bits per heavy atom. The topological polar surface area (TPSA) is 68.0 Å². The van der Waals surface area contributed by atoms with E-state index < -0.39 is 6.04 Å². The van der Waals surface area contributed by atoms with Gasteiger partial charge in [-0.15, -0.1) is 0 Å². The number of aromatic nitrogens is 1. The van der Waals surface area contributed by atoms with Gasteiger partial charge < -0.3 is 11.1 Å². The third-order valence-electron chi connectivity index (χ3n) is 3.08. The molecule has 21 heavy (non-hydrogen) atoms. The second-order valence-corrected chi connectivity index (χ2v) is 4.86. The number of hydrogen-bond acceptors (Lipinski definition) is 3. The van der Waals surface area contributed by atoms with Crippen LogP contribution in [0.2, 0.25) is 0 Å². The Balaban J connectivity index is 1.78. The van der Waals surface area contributed by atoms with Gasteiger partial charge in [0.1, 0.15) is 5.82 Å². The van der Waals surface area contributed by atoms with Gasteiger partial charge in [-0.25, -0.2) is 4.39 Å². The van der Waals surface area contributed by atoms with E-state index in [2.05, 4.69) is 10.3 Å². The monoisotopic (exact) mass is 287 g/mol. The molecule has 110 valence electrons. The van der Waals surface area contributed by atoms with Crippen molar-refractivity contribution in [1.29, 1.82) is 0 Å². The zero-order chi connectivity index (χ0) is 15.1. The predicted molar refractivity (Wildman–Crippen MR) is 78.8 cm³/mol. The molecule has 0 spiro atoms. The molecule has 0 radical (unpaired) electrons. The highest BCUT2D eigenvalue weighted by Crippen LogP contribution is 2.09. The number of pyridine rings is 1. The summed E-state index contributed by atoms with van der Waals surface area (Å²) in [5.41, 5.74) is 7.22. The molecule has 3 N–H and O–H groups in total. The summed E-state index contributed by atoms with van der Waals surface area (Å²) in [6.07, 6.45) is 2.16. The molecule has 0 unspecified atom stereocenters. The lowest BCUT2D eigenvalue weighted by atomic mass is 10.0. The fourth-order valence-corrected chi connectivity index (χ4v) is 2.02. The van der Waals surface area contributed by atoms with Crippen molar-refractivity contribution in [2.24, 2.45) is 5.73 Å². The first-order valence-electron chi connectivity index (χ1n) is 6.80. The maximum Gasteiger partial charge on any atom is 0.221 e. The zero-order valence-corrected chi connectivity index (χ0v) is 11.6. The van der Waals surface area contributed by atoms with Gasteiger partial charge in [0, 0.05) is 18.7 Å². The Morgan fingerprint density at radius 3 is 2.71 bits per heavy atom. The van der Waals surface area contributed by atoms with Gasteiger partial charge in [0.2, 0.25) is 5.91 Å². The van der Waals surface area contributed by atoms with Gasteiger partial charge in [-0.05, 0) is 30.2 Å². The number of benzene rings is 1. The smallest absolute Gasteiger partial charge is 0.221 e. The van der Waals surface area contributed by atoms with Crippen molar-refractivity contribution in [3.05, 3.63) is 65.7 Å². The van der Waals surface area contributed by atoms with Crippen molar-refractivity contribution in [2.45, 2.75) is 25.4 Å². The van der Waals surface area contributed by atoms with Crippen molar-refractivity contribution in [3.63, 3.8) is 0 Å². The molecule has 0 fully saturated rings. The van der Waals surface area contributed by atoms with E-state index in [4.69, 9.17) is 5.73 Å². The van der Waals surface area contributed by atoms with Gasteiger partial charge in [-0.3, -0.25) is 9.78 Å². The summed E-state index contributed by atoms with van der Waals surface area (Å²) < 4.78 is 13.5. The summed E-state index contributed by atoms with van der Waals surface area (Å²) >= 11 is 0. The molecule has 2 rings (SSSR count). The number of rotatable bonds is 6. The molecule has 0 bridgehead atoms. The first-order valence-corrected chi connectivity index (χ1v) is 6.80. The van der Waals surface area contributed by atoms with E-state index in [-0.39, 0.29) is 18.1 Å². The number of carbonyl (C=O) groups is 1. The normalized spacial score (nSPS) is 11.9. The van der Waals surface area contributed by atoms with E-state index in [0.29, 0.717) is 18.5 Å². The highest BCUT2D eigenvalue weighted by Gasteiger charge is 2.12. The molecular formula is C16H18FN3O. The number of hydrogen-bond donors (Lipinski definition) is 2. The molecule has 1 aromatic heterocycles. The first-order chi connectivity index (χ1) is 10.1. The zero-order valence-electron chi connectivity index (χ0n) is 11.6. The minimum Gasteiger partial charge on any atom is -0.350 e. The number of nitrogens with two attached hydrogens (primary N) is 1. The lowest BCUT2D eigenvalue weighted by Gasteiger charge is -2.12. The van der Waals surface area contributed by atoms with Crippen LogP contribution in [-0.2, 0) is 17.8 Å². The highest BCUT2D eigenvalue weighted by atomic mass is 19.1. The largest absolute Gasteiger partial charge is 0.350 e. The first kappa shape index (κ1) is 15.1. The fraction of sp³-hybridized carbons (Fsp3) is 0.250. The third kappa shape index (κ3) is 4.96. The minimum atomic E-state index is -0.411. The van der Waals surface area contributed by atoms with E-state index in [1.807, 2.05) is 18.2 Å². The average molecular weight is 287 g/mol. The Morgan fingerprint density at radius 2 is 2.00 bits per heavy atom. The number of halogens is 1. The predicted octanol–water partition coefficient (Wildman–Crippen LogP) is 1.80. The SMILES string of the molecule is N[C@@H](CC(=O)NCc1ccccn1)Cc1ccccc1F. The van der Waals surface area contributed by atoms with Crippen molar-refractivity contribution in [1.82, 2.24) is 10.3 Å². The molecule has 1 amide bonds. The third-order valence-corrected chi connectivity index (χ3v) is 3.08. The second-order valence-electron chi connectivity index (χ2n) is 4.86. The lowest BCUT2D eigenvalue weighted by Crippen LogP contribution is -2.33. The maximum absolute atomic E-state index is 13.5. The molecule has 0 aliphatic rings. The van der Waals surface area contributed by atoms with Gasteiger partial charge in [0.25, 0.3) is 0 Å². The van der Waals surface area contributed by atoms with Crippen LogP contribution in [0.15, 0.2) is 48.7 Å². The number of amides is 1. The summed E-state index contributed by atoms with van der Waals surface area (Å²) in [6, 6.07) is 11.6. The van der Waals surface area contributed by atoms with E-state index in [9.17, 15) is 9.18 Å². The Bertz CT molecular complexity index is 589. The van der Waals surface area contributed by atoms with Crippen LogP contribution in [0.25, 0.3) is 0 Å². The quantitative estimate of drug-likeness (QED) is 0.851. The van der Waals surface area contributed by atoms with Crippen LogP contribution < -0.4 is 11.1 Å². The second kappa shape index (κ2) is 7.50. The van der Waals surface area contributed by atoms with Crippen molar-refractivity contribution < 1.29 is 9.18 Å². The van der Waals surface area contributed by atoms with Gasteiger partial charge in [0.05, 0.1) is 12.2 Å². The average Bonchev–Trinajstić information content (AvgIpc) is 2.48. The molecule has 1 heterocycles. The minimum absolute atomic E-state index is 0.154. The van der Waals surface area contributed by atoms with E-state index >= 15 is 0 Å². The molecule has 0 saturated carbocycles. The molecule has 1 atom stereocenters. The lowest BCUT2D eigenvalue weighted by molar-refractivity contribution is -0.121. The van der Waals surface area contributed by atoms with Crippen molar-refractivity contribution in [2.75, 3.05) is 0 Å². The summed E-state index contributed by atoms with van der Waals surface area (Å²) in [7, 11) is 0. The van der Waals surface area contributed by atoms with Gasteiger partial charge in [-0.1, -0.05) is 24.3 Å². The van der Waals surface area contributed by atoms with Gasteiger partial charge >= 0.3 is 0 Å². The summed E-state index contributed by atoms with van der Waals surface area (Å²) in [5.74, 6) is -0.452. The van der Waals surface area contributed by atoms with Crippen molar-refractivity contribution in [3.8, 4) is 0 Å².